The van der Waals surface area contributed by atoms with Crippen molar-refractivity contribution in [1.29, 1.82) is 0 Å². The standard InChI is InChI=1S/C31H18N12O12S2/c1-32-21-20(38-40-31-41-39-22(56-31)12-3-2-4-19(11-12)57(53,54)55)23(44)43(42-21)30-36-28(33-17-7-13(24(45)46)5-14(8-17)25(47)48)35-29(37-30)34-18-9-15(26(49)50)6-16(10-18)27(51)52/h2-11,44H,(H,45,46)(H,47,48)(H,49,50)(H,51,52)(H,53,54,55)(H2,33,34,35,36,37). The second-order valence-electron chi connectivity index (χ2n) is 11.0. The minimum absolute atomic E-state index is 0.128. The summed E-state index contributed by atoms with van der Waals surface area (Å²) in [4.78, 5) is 62.1. The summed E-state index contributed by atoms with van der Waals surface area (Å²) in [5.74, 6) is -8.82. The highest BCUT2D eigenvalue weighted by Crippen LogP contribution is 2.40. The van der Waals surface area contributed by atoms with Gasteiger partial charge in [-0.2, -0.15) is 28.5 Å². The first-order valence-corrected chi connectivity index (χ1v) is 17.3. The van der Waals surface area contributed by atoms with Gasteiger partial charge in [-0.3, -0.25) is 4.55 Å². The molecule has 0 atom stereocenters. The lowest BCUT2D eigenvalue weighted by Crippen LogP contribution is -2.11. The Morgan fingerprint density at radius 3 is 1.75 bits per heavy atom. The van der Waals surface area contributed by atoms with Crippen LogP contribution in [0.3, 0.4) is 0 Å². The molecular formula is C31H18N12O12S2. The van der Waals surface area contributed by atoms with Crippen LogP contribution in [-0.2, 0) is 10.1 Å². The number of nitrogens with zero attached hydrogens (tertiary/aromatic N) is 10. The molecule has 0 saturated heterocycles. The molecule has 24 nitrogen and oxygen atoms in total. The lowest BCUT2D eigenvalue weighted by molar-refractivity contribution is 0.0676. The van der Waals surface area contributed by atoms with Crippen LogP contribution in [0.15, 0.2) is 75.8 Å². The Kier molecular flexibility index (Phi) is 10.3. The predicted octanol–water partition coefficient (Wildman–Crippen LogP) is 4.77. The van der Waals surface area contributed by atoms with Gasteiger partial charge in [-0.25, -0.2) is 19.2 Å². The normalized spacial score (nSPS) is 11.2. The van der Waals surface area contributed by atoms with E-state index >= 15 is 0 Å². The molecule has 0 unspecified atom stereocenters. The number of carbonyl (C=O) groups is 4. The maximum atomic E-state index is 11.7. The van der Waals surface area contributed by atoms with E-state index in [-0.39, 0.29) is 27.1 Å². The first kappa shape index (κ1) is 38.4. The summed E-state index contributed by atoms with van der Waals surface area (Å²) in [6.45, 7) is 7.60. The summed E-state index contributed by atoms with van der Waals surface area (Å²) in [7, 11) is -4.52. The van der Waals surface area contributed by atoms with Crippen LogP contribution in [0.2, 0.25) is 0 Å². The van der Waals surface area contributed by atoms with Gasteiger partial charge < -0.3 is 41.0 Å². The summed E-state index contributed by atoms with van der Waals surface area (Å²) >= 11 is 0.822. The average molecular weight is 815 g/mol. The van der Waals surface area contributed by atoms with Gasteiger partial charge in [0.1, 0.15) is 5.01 Å². The maximum absolute atomic E-state index is 11.7. The number of anilines is 4. The van der Waals surface area contributed by atoms with E-state index in [0.717, 1.165) is 59.9 Å². The van der Waals surface area contributed by atoms with Gasteiger partial charge in [0.2, 0.25) is 11.9 Å². The van der Waals surface area contributed by atoms with Gasteiger partial charge >= 0.3 is 29.7 Å². The second kappa shape index (κ2) is 15.2. The predicted molar refractivity (Wildman–Crippen MR) is 191 cm³/mol. The van der Waals surface area contributed by atoms with Gasteiger partial charge in [-0.1, -0.05) is 34.7 Å². The monoisotopic (exact) mass is 814 g/mol. The summed E-state index contributed by atoms with van der Waals surface area (Å²) in [6, 6.07) is 11.1. The van der Waals surface area contributed by atoms with Crippen molar-refractivity contribution < 1.29 is 57.7 Å². The minimum Gasteiger partial charge on any atom is -0.491 e. The van der Waals surface area contributed by atoms with Crippen molar-refractivity contribution in [3.05, 3.63) is 94.3 Å². The fraction of sp³-hybridized carbons (Fsp3) is 0. The number of nitrogens with one attached hydrogen (secondary N) is 2. The van der Waals surface area contributed by atoms with Crippen LogP contribution in [0.1, 0.15) is 41.4 Å². The lowest BCUT2D eigenvalue weighted by atomic mass is 10.1. The number of hydrogen-bond donors (Lipinski definition) is 8. The molecule has 0 spiro atoms. The van der Waals surface area contributed by atoms with Crippen molar-refractivity contribution in [2.75, 3.05) is 10.6 Å². The van der Waals surface area contributed by atoms with Crippen LogP contribution in [0.25, 0.3) is 21.4 Å². The van der Waals surface area contributed by atoms with Gasteiger partial charge in [-0.15, -0.1) is 15.3 Å². The highest BCUT2D eigenvalue weighted by molar-refractivity contribution is 7.85. The average Bonchev–Trinajstić information content (AvgIpc) is 3.77. The Balaban J connectivity index is 1.42. The highest BCUT2D eigenvalue weighted by Gasteiger charge is 2.25. The van der Waals surface area contributed by atoms with Crippen LogP contribution in [0, 0.1) is 6.57 Å². The smallest absolute Gasteiger partial charge is 0.335 e. The zero-order valence-electron chi connectivity index (χ0n) is 27.7. The van der Waals surface area contributed by atoms with Crippen molar-refractivity contribution in [2.45, 2.75) is 4.90 Å². The Bertz CT molecular complexity index is 2690. The molecule has 0 amide bonds. The molecular weight excluding hydrogens is 797 g/mol. The Morgan fingerprint density at radius 1 is 0.754 bits per heavy atom. The Morgan fingerprint density at radius 2 is 1.28 bits per heavy atom. The topological polar surface area (TPSA) is 359 Å². The number of hydrogen-bond acceptors (Lipinski definition) is 18. The summed E-state index contributed by atoms with van der Waals surface area (Å²) in [6.07, 6.45) is 0. The number of carboxylic acid groups (broad SMARTS) is 4. The van der Waals surface area contributed by atoms with Crippen molar-refractivity contribution in [3.63, 3.8) is 0 Å². The van der Waals surface area contributed by atoms with E-state index < -0.39 is 96.4 Å². The zero-order chi connectivity index (χ0) is 41.2. The van der Waals surface area contributed by atoms with Crippen LogP contribution in [-0.4, -0.2) is 97.3 Å². The number of carboxylic acids is 4. The molecule has 286 valence electrons. The van der Waals surface area contributed by atoms with E-state index in [4.69, 9.17) is 6.57 Å². The Hall–Kier alpha value is -8.28. The molecule has 57 heavy (non-hydrogen) atoms. The quantitative estimate of drug-likeness (QED) is 0.0442. The van der Waals surface area contributed by atoms with E-state index in [2.05, 4.69) is 56.0 Å². The molecule has 3 heterocycles. The van der Waals surface area contributed by atoms with E-state index in [1.54, 1.807) is 0 Å². The first-order chi connectivity index (χ1) is 27.0. The largest absolute Gasteiger partial charge is 0.491 e. The van der Waals surface area contributed by atoms with E-state index in [1.807, 2.05) is 0 Å². The molecule has 0 aliphatic heterocycles. The molecule has 0 saturated carbocycles. The molecule has 3 aromatic heterocycles. The molecule has 3 aromatic carbocycles. The van der Waals surface area contributed by atoms with E-state index in [9.17, 15) is 57.7 Å². The lowest BCUT2D eigenvalue weighted by Gasteiger charge is -2.12. The highest BCUT2D eigenvalue weighted by atomic mass is 32.2. The van der Waals surface area contributed by atoms with Crippen LogP contribution in [0.4, 0.5) is 39.9 Å². The fourth-order valence-corrected chi connectivity index (χ4v) is 5.86. The zero-order valence-corrected chi connectivity index (χ0v) is 29.3. The Labute approximate surface area is 319 Å². The number of aromatic nitrogens is 7. The third kappa shape index (κ3) is 8.60. The number of azo groups is 1. The maximum Gasteiger partial charge on any atom is 0.335 e. The van der Waals surface area contributed by atoms with Gasteiger partial charge in [0.25, 0.3) is 27.1 Å². The van der Waals surface area contributed by atoms with Gasteiger partial charge in [0, 0.05) is 16.9 Å². The molecule has 6 rings (SSSR count). The van der Waals surface area contributed by atoms with Gasteiger partial charge in [0.05, 0.1) is 27.1 Å². The number of aromatic hydroxyl groups is 1. The summed E-state index contributed by atoms with van der Waals surface area (Å²) in [5.41, 5.74) is -2.33. The molecule has 6 aromatic rings. The molecule has 0 aliphatic carbocycles. The third-order valence-electron chi connectivity index (χ3n) is 7.13. The van der Waals surface area contributed by atoms with Crippen LogP contribution >= 0.6 is 11.3 Å². The fourth-order valence-electron chi connectivity index (χ4n) is 4.67. The molecule has 0 fully saturated rings. The summed E-state index contributed by atoms with van der Waals surface area (Å²) < 4.78 is 33.1. The molecule has 0 radical (unpaired) electrons. The van der Waals surface area contributed by atoms with Crippen molar-refractivity contribution in [3.8, 4) is 22.4 Å². The first-order valence-electron chi connectivity index (χ1n) is 15.1. The van der Waals surface area contributed by atoms with Gasteiger partial charge in [0.15, 0.2) is 5.69 Å². The molecule has 26 heteroatoms. The molecule has 0 aliphatic rings. The van der Waals surface area contributed by atoms with Crippen molar-refractivity contribution in [1.82, 2.24) is 34.9 Å². The number of benzene rings is 3. The van der Waals surface area contributed by atoms with E-state index in [0.29, 0.717) is 4.68 Å². The molecule has 0 bridgehead atoms. The number of aromatic carboxylic acids is 4. The minimum atomic E-state index is -4.52. The SMILES string of the molecule is [C-]#[N+]c1nn(-c2nc(Nc3cc(C(=O)O)cc(C(=O)O)c3)nc(Nc3cc(C(=O)O)cc(C(=O)O)c3)n2)c(O)c1N=Nc1nnc(-c2cccc(S(=O)(=O)O)c2)s1. The van der Waals surface area contributed by atoms with Crippen LogP contribution < -0.4 is 10.6 Å². The van der Waals surface area contributed by atoms with Gasteiger partial charge in [-0.05, 0) is 53.6 Å². The van der Waals surface area contributed by atoms with Crippen LogP contribution in [0.5, 0.6) is 5.88 Å². The summed E-state index contributed by atoms with van der Waals surface area (Å²) in [5, 5.41) is 74.0. The van der Waals surface area contributed by atoms with Crippen molar-refractivity contribution >= 4 is 85.2 Å². The van der Waals surface area contributed by atoms with Crippen molar-refractivity contribution in [2.24, 2.45) is 10.2 Å². The third-order valence-corrected chi connectivity index (χ3v) is 8.84. The second-order valence-corrected chi connectivity index (χ2v) is 13.3. The number of rotatable bonds is 13. The molecule has 8 N–H and O–H groups in total. The van der Waals surface area contributed by atoms with E-state index in [1.165, 1.54) is 12.1 Å².